The molecule has 29 heavy (non-hydrogen) atoms. The van der Waals surface area contributed by atoms with Crippen LogP contribution in [0.25, 0.3) is 0 Å². The zero-order chi connectivity index (χ0) is 21.6. The van der Waals surface area contributed by atoms with Crippen molar-refractivity contribution in [2.75, 3.05) is 31.1 Å². The molecule has 1 aliphatic heterocycles. The fourth-order valence-electron chi connectivity index (χ4n) is 3.11. The molecule has 0 bridgehead atoms. The first-order valence-corrected chi connectivity index (χ1v) is 11.5. The highest BCUT2D eigenvalue weighted by Crippen LogP contribution is 2.32. The molecule has 1 aliphatic rings. The molecular formula is C18H21Cl3N4O3S. The third-order valence-corrected chi connectivity index (χ3v) is 7.88. The summed E-state index contributed by atoms with van der Waals surface area (Å²) >= 11 is 18.4. The van der Waals surface area contributed by atoms with Gasteiger partial charge in [-0.2, -0.15) is 9.40 Å². The van der Waals surface area contributed by atoms with Gasteiger partial charge in [0.15, 0.2) is 0 Å². The lowest BCUT2D eigenvalue weighted by molar-refractivity contribution is 0.337. The molecule has 0 radical (unpaired) electrons. The molecule has 3 rings (SSSR count). The minimum atomic E-state index is -3.79. The Balaban J connectivity index is 1.82. The number of hydrogen-bond donors (Lipinski definition) is 0. The van der Waals surface area contributed by atoms with Crippen LogP contribution in [0.2, 0.25) is 15.1 Å². The van der Waals surface area contributed by atoms with Gasteiger partial charge in [-0.05, 0) is 32.9 Å². The first-order valence-electron chi connectivity index (χ1n) is 8.92. The number of aromatic nitrogens is 2. The Kier molecular flexibility index (Phi) is 6.23. The van der Waals surface area contributed by atoms with E-state index in [0.717, 1.165) is 0 Å². The van der Waals surface area contributed by atoms with E-state index < -0.39 is 15.6 Å². The van der Waals surface area contributed by atoms with Crippen LogP contribution in [0.3, 0.4) is 0 Å². The maximum Gasteiger partial charge on any atom is 0.288 e. The van der Waals surface area contributed by atoms with E-state index in [9.17, 15) is 13.2 Å². The van der Waals surface area contributed by atoms with Crippen molar-refractivity contribution < 1.29 is 8.42 Å². The van der Waals surface area contributed by atoms with Crippen LogP contribution in [0.1, 0.15) is 20.8 Å². The number of anilines is 1. The van der Waals surface area contributed by atoms with Crippen molar-refractivity contribution in [3.05, 3.63) is 49.8 Å². The monoisotopic (exact) mass is 478 g/mol. The van der Waals surface area contributed by atoms with Gasteiger partial charge in [0.1, 0.15) is 9.92 Å². The summed E-state index contributed by atoms with van der Waals surface area (Å²) in [6.45, 7) is 6.73. The summed E-state index contributed by atoms with van der Waals surface area (Å²) in [4.78, 5) is 14.4. The molecule has 0 saturated carbocycles. The average Bonchev–Trinajstić information content (AvgIpc) is 2.65. The molecule has 11 heteroatoms. The van der Waals surface area contributed by atoms with Crippen LogP contribution in [0, 0.1) is 0 Å². The van der Waals surface area contributed by atoms with Gasteiger partial charge < -0.3 is 4.90 Å². The largest absolute Gasteiger partial charge is 0.366 e. The second-order valence-corrected chi connectivity index (χ2v) is 10.7. The first kappa shape index (κ1) is 22.4. The highest BCUT2D eigenvalue weighted by Gasteiger charge is 2.32. The zero-order valence-electron chi connectivity index (χ0n) is 16.2. The lowest BCUT2D eigenvalue weighted by atomic mass is 10.1. The SMILES string of the molecule is CC(C)(C)n1ncc(N2CCN(S(=O)(=O)c3cccc(Cl)c3Cl)CC2)c(Cl)c1=O. The summed E-state index contributed by atoms with van der Waals surface area (Å²) in [6, 6.07) is 4.52. The Hall–Kier alpha value is -1.32. The normalized spacial score (nSPS) is 16.3. The third kappa shape index (κ3) is 4.27. The quantitative estimate of drug-likeness (QED) is 0.674. The second-order valence-electron chi connectivity index (χ2n) is 7.67. The summed E-state index contributed by atoms with van der Waals surface area (Å²) < 4.78 is 28.6. The van der Waals surface area contributed by atoms with Crippen molar-refractivity contribution >= 4 is 50.5 Å². The van der Waals surface area contributed by atoms with Gasteiger partial charge in [0.2, 0.25) is 10.0 Å². The molecule has 1 aromatic carbocycles. The van der Waals surface area contributed by atoms with Gasteiger partial charge in [-0.25, -0.2) is 13.1 Å². The highest BCUT2D eigenvalue weighted by molar-refractivity contribution is 7.89. The highest BCUT2D eigenvalue weighted by atomic mass is 35.5. The molecule has 0 amide bonds. The molecule has 2 aromatic rings. The summed E-state index contributed by atoms with van der Waals surface area (Å²) in [7, 11) is -3.79. The summed E-state index contributed by atoms with van der Waals surface area (Å²) in [5, 5.41) is 4.50. The van der Waals surface area contributed by atoms with Gasteiger partial charge in [0.25, 0.3) is 5.56 Å². The van der Waals surface area contributed by atoms with E-state index in [4.69, 9.17) is 34.8 Å². The molecule has 0 spiro atoms. The molecular weight excluding hydrogens is 459 g/mol. The third-order valence-electron chi connectivity index (χ3n) is 4.65. The van der Waals surface area contributed by atoms with Gasteiger partial charge >= 0.3 is 0 Å². The van der Waals surface area contributed by atoms with Gasteiger partial charge in [0.05, 0.1) is 27.5 Å². The van der Waals surface area contributed by atoms with Crippen molar-refractivity contribution in [1.29, 1.82) is 0 Å². The minimum Gasteiger partial charge on any atom is -0.366 e. The Morgan fingerprint density at radius 2 is 1.62 bits per heavy atom. The number of benzene rings is 1. The van der Waals surface area contributed by atoms with Crippen molar-refractivity contribution in [2.45, 2.75) is 31.2 Å². The topological polar surface area (TPSA) is 75.5 Å². The molecule has 158 valence electrons. The molecule has 7 nitrogen and oxygen atoms in total. The number of hydrogen-bond acceptors (Lipinski definition) is 5. The predicted octanol–water partition coefficient (Wildman–Crippen LogP) is 3.47. The maximum atomic E-state index is 13.0. The predicted molar refractivity (Wildman–Crippen MR) is 116 cm³/mol. The van der Waals surface area contributed by atoms with E-state index in [1.165, 1.54) is 21.1 Å². The van der Waals surface area contributed by atoms with Crippen LogP contribution in [-0.2, 0) is 15.6 Å². The lowest BCUT2D eigenvalue weighted by Crippen LogP contribution is -2.49. The maximum absolute atomic E-state index is 13.0. The smallest absolute Gasteiger partial charge is 0.288 e. The summed E-state index contributed by atoms with van der Waals surface area (Å²) in [5.74, 6) is 0. The van der Waals surface area contributed by atoms with Crippen LogP contribution < -0.4 is 10.5 Å². The van der Waals surface area contributed by atoms with E-state index in [1.807, 2.05) is 25.7 Å². The molecule has 0 unspecified atom stereocenters. The number of sulfonamides is 1. The molecule has 1 aromatic heterocycles. The van der Waals surface area contributed by atoms with E-state index in [0.29, 0.717) is 18.8 Å². The number of piperazine rings is 1. The van der Waals surface area contributed by atoms with Crippen LogP contribution in [-0.4, -0.2) is 48.7 Å². The second kappa shape index (κ2) is 8.07. The Bertz CT molecular complexity index is 1090. The number of rotatable bonds is 3. The fraction of sp³-hybridized carbons (Fsp3) is 0.444. The first-order chi connectivity index (χ1) is 13.4. The standard InChI is InChI=1S/C18H21Cl3N4O3S/c1-18(2,3)25-17(26)16(21)13(11-22-25)23-7-9-24(10-8-23)29(27,28)14-6-4-5-12(19)15(14)20/h4-6,11H,7-10H2,1-3H3. The summed E-state index contributed by atoms with van der Waals surface area (Å²) in [5.41, 5.74) is -0.380. The Labute approximate surface area is 184 Å². The Morgan fingerprint density at radius 3 is 2.21 bits per heavy atom. The molecule has 0 aliphatic carbocycles. The van der Waals surface area contributed by atoms with Crippen LogP contribution in [0.5, 0.6) is 0 Å². The lowest BCUT2D eigenvalue weighted by Gasteiger charge is -2.35. The molecule has 1 fully saturated rings. The molecule has 0 atom stereocenters. The van der Waals surface area contributed by atoms with E-state index in [2.05, 4.69) is 5.10 Å². The minimum absolute atomic E-state index is 0.00892. The van der Waals surface area contributed by atoms with E-state index >= 15 is 0 Å². The molecule has 1 saturated heterocycles. The number of nitrogens with zero attached hydrogens (tertiary/aromatic N) is 4. The van der Waals surface area contributed by atoms with Gasteiger partial charge in [-0.15, -0.1) is 0 Å². The average molecular weight is 480 g/mol. The van der Waals surface area contributed by atoms with Crippen LogP contribution >= 0.6 is 34.8 Å². The Morgan fingerprint density at radius 1 is 1.00 bits per heavy atom. The van der Waals surface area contributed by atoms with Crippen molar-refractivity contribution in [3.63, 3.8) is 0 Å². The van der Waals surface area contributed by atoms with Gasteiger partial charge in [0, 0.05) is 26.2 Å². The van der Waals surface area contributed by atoms with Gasteiger partial charge in [-0.1, -0.05) is 40.9 Å². The van der Waals surface area contributed by atoms with Crippen molar-refractivity contribution in [1.82, 2.24) is 14.1 Å². The number of halogens is 3. The van der Waals surface area contributed by atoms with Crippen molar-refractivity contribution in [2.24, 2.45) is 0 Å². The molecule has 2 heterocycles. The van der Waals surface area contributed by atoms with Crippen LogP contribution in [0.15, 0.2) is 34.1 Å². The van der Waals surface area contributed by atoms with Gasteiger partial charge in [-0.3, -0.25) is 4.79 Å². The fourth-order valence-corrected chi connectivity index (χ4v) is 5.52. The van der Waals surface area contributed by atoms with E-state index in [-0.39, 0.29) is 38.6 Å². The van der Waals surface area contributed by atoms with E-state index in [1.54, 1.807) is 12.3 Å². The zero-order valence-corrected chi connectivity index (χ0v) is 19.3. The summed E-state index contributed by atoms with van der Waals surface area (Å²) in [6.07, 6.45) is 1.55. The molecule has 0 N–H and O–H groups in total. The van der Waals surface area contributed by atoms with Crippen LogP contribution in [0.4, 0.5) is 5.69 Å². The van der Waals surface area contributed by atoms with Crippen molar-refractivity contribution in [3.8, 4) is 0 Å².